The number of anilines is 1. The van der Waals surface area contributed by atoms with Crippen LogP contribution in [0, 0.1) is 0 Å². The fraction of sp³-hybridized carbons (Fsp3) is 0.0870. The molecule has 1 amide bonds. The number of rotatable bonds is 4. The summed E-state index contributed by atoms with van der Waals surface area (Å²) in [5.41, 5.74) is -0.666. The van der Waals surface area contributed by atoms with Crippen LogP contribution in [-0.4, -0.2) is 15.7 Å². The minimum absolute atomic E-state index is 0.376. The number of amides is 1. The highest BCUT2D eigenvalue weighted by Gasteiger charge is 2.33. The zero-order chi connectivity index (χ0) is 22.0. The minimum atomic E-state index is -4.62. The zero-order valence-corrected chi connectivity index (χ0v) is 16.1. The Labute approximate surface area is 174 Å². The van der Waals surface area contributed by atoms with Crippen molar-refractivity contribution < 1.29 is 18.0 Å². The van der Waals surface area contributed by atoms with Gasteiger partial charge in [0.2, 0.25) is 5.91 Å². The van der Waals surface area contributed by atoms with Gasteiger partial charge in [0, 0.05) is 11.6 Å². The molecule has 0 saturated carbocycles. The summed E-state index contributed by atoms with van der Waals surface area (Å²) < 4.78 is 40.3. The summed E-state index contributed by atoms with van der Waals surface area (Å²) >= 11 is 0. The highest BCUT2D eigenvalue weighted by molar-refractivity contribution is 5.91. The molecule has 1 heterocycles. The third-order valence-corrected chi connectivity index (χ3v) is 4.71. The number of nitrogens with zero attached hydrogens (tertiary/aromatic N) is 2. The van der Waals surface area contributed by atoms with Crippen molar-refractivity contribution in [2.75, 3.05) is 5.32 Å². The van der Waals surface area contributed by atoms with E-state index in [9.17, 15) is 22.8 Å². The molecule has 0 aliphatic rings. The lowest BCUT2D eigenvalue weighted by atomic mass is 10.1. The van der Waals surface area contributed by atoms with Gasteiger partial charge < -0.3 is 5.32 Å². The zero-order valence-electron chi connectivity index (χ0n) is 16.1. The van der Waals surface area contributed by atoms with Crippen LogP contribution in [0.1, 0.15) is 5.56 Å². The monoisotopic (exact) mass is 423 g/mol. The van der Waals surface area contributed by atoms with Crippen LogP contribution in [0.15, 0.2) is 83.7 Å². The highest BCUT2D eigenvalue weighted by Crippen LogP contribution is 2.34. The van der Waals surface area contributed by atoms with E-state index < -0.39 is 29.8 Å². The molecule has 0 saturated heterocycles. The average Bonchev–Trinajstić information content (AvgIpc) is 2.74. The topological polar surface area (TPSA) is 64.0 Å². The van der Waals surface area contributed by atoms with E-state index in [1.165, 1.54) is 18.2 Å². The lowest BCUT2D eigenvalue weighted by molar-refractivity contribution is -0.137. The second-order valence-corrected chi connectivity index (χ2v) is 6.87. The first-order valence-electron chi connectivity index (χ1n) is 9.35. The molecule has 4 aromatic rings. The molecular weight excluding hydrogens is 407 g/mol. The number of aromatic nitrogens is 2. The fourth-order valence-electron chi connectivity index (χ4n) is 3.23. The van der Waals surface area contributed by atoms with E-state index in [0.717, 1.165) is 33.2 Å². The quantitative estimate of drug-likeness (QED) is 0.517. The molecule has 0 bridgehead atoms. The molecule has 1 N–H and O–H groups in total. The van der Waals surface area contributed by atoms with Crippen molar-refractivity contribution in [1.82, 2.24) is 9.78 Å². The number of alkyl halides is 3. The number of carbonyl (C=O) groups is 1. The number of para-hydroxylation sites is 1. The van der Waals surface area contributed by atoms with Gasteiger partial charge in [-0.15, -0.1) is 0 Å². The van der Waals surface area contributed by atoms with Crippen molar-refractivity contribution in [2.45, 2.75) is 12.7 Å². The van der Waals surface area contributed by atoms with Gasteiger partial charge in [-0.3, -0.25) is 9.59 Å². The molecule has 4 rings (SSSR count). The molecule has 0 unspecified atom stereocenters. The van der Waals surface area contributed by atoms with Crippen LogP contribution in [-0.2, 0) is 17.5 Å². The van der Waals surface area contributed by atoms with Gasteiger partial charge in [0.05, 0.1) is 16.9 Å². The maximum atomic E-state index is 13.1. The fourth-order valence-corrected chi connectivity index (χ4v) is 3.23. The van der Waals surface area contributed by atoms with Crippen LogP contribution >= 0.6 is 0 Å². The largest absolute Gasteiger partial charge is 0.418 e. The van der Waals surface area contributed by atoms with E-state index in [1.54, 1.807) is 6.07 Å². The summed E-state index contributed by atoms with van der Waals surface area (Å²) in [7, 11) is 0. The molecule has 0 spiro atoms. The molecule has 0 aliphatic heterocycles. The lowest BCUT2D eigenvalue weighted by Crippen LogP contribution is -2.29. The number of carbonyl (C=O) groups excluding carboxylic acids is 1. The summed E-state index contributed by atoms with van der Waals surface area (Å²) in [6.45, 7) is -0.521. The Balaban J connectivity index is 1.59. The molecule has 0 atom stereocenters. The van der Waals surface area contributed by atoms with E-state index in [-0.39, 0.29) is 5.69 Å². The Bertz CT molecular complexity index is 1330. The summed E-state index contributed by atoms with van der Waals surface area (Å²) in [5.74, 6) is -0.790. The molecule has 156 valence electrons. The normalized spacial score (nSPS) is 11.5. The molecule has 5 nitrogen and oxygen atoms in total. The number of halogens is 3. The summed E-state index contributed by atoms with van der Waals surface area (Å²) in [6.07, 6.45) is -4.62. The van der Waals surface area contributed by atoms with Crippen molar-refractivity contribution in [1.29, 1.82) is 0 Å². The van der Waals surface area contributed by atoms with Gasteiger partial charge in [-0.25, -0.2) is 4.68 Å². The van der Waals surface area contributed by atoms with Gasteiger partial charge in [-0.05, 0) is 35.0 Å². The van der Waals surface area contributed by atoms with Gasteiger partial charge in [0.1, 0.15) is 6.54 Å². The molecule has 31 heavy (non-hydrogen) atoms. The number of hydrogen-bond donors (Lipinski definition) is 1. The molecule has 0 radical (unpaired) electrons. The Morgan fingerprint density at radius 2 is 1.61 bits per heavy atom. The highest BCUT2D eigenvalue weighted by atomic mass is 19.4. The summed E-state index contributed by atoms with van der Waals surface area (Å²) in [6, 6.07) is 20.9. The average molecular weight is 423 g/mol. The minimum Gasteiger partial charge on any atom is -0.324 e. The third kappa shape index (κ3) is 4.48. The molecule has 0 fully saturated rings. The van der Waals surface area contributed by atoms with E-state index in [4.69, 9.17) is 0 Å². The predicted octanol–water partition coefficient (Wildman–Crippen LogP) is 4.72. The third-order valence-electron chi connectivity index (χ3n) is 4.71. The number of fused-ring (bicyclic) bond motifs is 1. The Hall–Kier alpha value is -3.94. The second kappa shape index (κ2) is 8.06. The summed E-state index contributed by atoms with van der Waals surface area (Å²) in [4.78, 5) is 24.5. The molecule has 3 aromatic carbocycles. The first-order chi connectivity index (χ1) is 14.8. The SMILES string of the molecule is O=C(Cn1nc(-c2ccc3ccccc3c2)ccc1=O)Nc1ccccc1C(F)(F)F. The predicted molar refractivity (Wildman–Crippen MR) is 112 cm³/mol. The summed E-state index contributed by atoms with van der Waals surface area (Å²) in [5, 5.41) is 8.47. The Morgan fingerprint density at radius 3 is 2.39 bits per heavy atom. The van der Waals surface area contributed by atoms with E-state index in [1.807, 2.05) is 42.5 Å². The van der Waals surface area contributed by atoms with Crippen LogP contribution in [0.4, 0.5) is 18.9 Å². The van der Waals surface area contributed by atoms with E-state index >= 15 is 0 Å². The lowest BCUT2D eigenvalue weighted by Gasteiger charge is -2.14. The van der Waals surface area contributed by atoms with Crippen LogP contribution in [0.2, 0.25) is 0 Å². The maximum absolute atomic E-state index is 13.1. The first-order valence-corrected chi connectivity index (χ1v) is 9.35. The number of benzene rings is 3. The molecular formula is C23H16F3N3O2. The van der Waals surface area contributed by atoms with Crippen LogP contribution < -0.4 is 10.9 Å². The first kappa shape index (κ1) is 20.3. The maximum Gasteiger partial charge on any atom is 0.418 e. The van der Waals surface area contributed by atoms with Gasteiger partial charge >= 0.3 is 6.18 Å². The van der Waals surface area contributed by atoms with Crippen molar-refractivity contribution in [3.8, 4) is 11.3 Å². The van der Waals surface area contributed by atoms with Gasteiger partial charge in [-0.2, -0.15) is 18.3 Å². The number of nitrogens with one attached hydrogen (secondary N) is 1. The van der Waals surface area contributed by atoms with E-state index in [0.29, 0.717) is 5.69 Å². The number of hydrogen-bond acceptors (Lipinski definition) is 3. The van der Waals surface area contributed by atoms with Crippen molar-refractivity contribution >= 4 is 22.4 Å². The van der Waals surface area contributed by atoms with Crippen molar-refractivity contribution in [2.24, 2.45) is 0 Å². The Morgan fingerprint density at radius 1 is 0.903 bits per heavy atom. The van der Waals surface area contributed by atoms with Gasteiger partial charge in [-0.1, -0.05) is 48.5 Å². The van der Waals surface area contributed by atoms with Crippen LogP contribution in [0.25, 0.3) is 22.0 Å². The van der Waals surface area contributed by atoms with Crippen molar-refractivity contribution in [3.63, 3.8) is 0 Å². The Kier molecular flexibility index (Phi) is 5.29. The standard InChI is InChI=1S/C23H16F3N3O2/c24-23(25,26)18-7-3-4-8-20(18)27-21(30)14-29-22(31)12-11-19(28-29)17-10-9-15-5-1-2-6-16(15)13-17/h1-13H,14H2,(H,27,30). The van der Waals surface area contributed by atoms with Crippen LogP contribution in [0.3, 0.4) is 0 Å². The van der Waals surface area contributed by atoms with E-state index in [2.05, 4.69) is 10.4 Å². The van der Waals surface area contributed by atoms with Crippen LogP contribution in [0.5, 0.6) is 0 Å². The van der Waals surface area contributed by atoms with Gasteiger partial charge in [0.15, 0.2) is 0 Å². The smallest absolute Gasteiger partial charge is 0.324 e. The second-order valence-electron chi connectivity index (χ2n) is 6.87. The van der Waals surface area contributed by atoms with Crippen molar-refractivity contribution in [3.05, 3.63) is 94.8 Å². The molecule has 1 aromatic heterocycles. The molecule has 0 aliphatic carbocycles. The molecule has 8 heteroatoms. The van der Waals surface area contributed by atoms with Gasteiger partial charge in [0.25, 0.3) is 5.56 Å².